The molecule has 0 atom stereocenters. The van der Waals surface area contributed by atoms with E-state index in [1.807, 2.05) is 42.5 Å². The molecular formula is C16H14N4O. The third-order valence-electron chi connectivity index (χ3n) is 3.13. The lowest BCUT2D eigenvalue weighted by molar-refractivity contribution is 0.0951. The third kappa shape index (κ3) is 3.14. The summed E-state index contributed by atoms with van der Waals surface area (Å²) in [7, 11) is 0. The Balaban J connectivity index is 1.64. The molecule has 0 aliphatic heterocycles. The van der Waals surface area contributed by atoms with E-state index in [9.17, 15) is 4.79 Å². The average molecular weight is 278 g/mol. The van der Waals surface area contributed by atoms with Gasteiger partial charge in [-0.05, 0) is 17.7 Å². The van der Waals surface area contributed by atoms with E-state index in [2.05, 4.69) is 20.5 Å². The molecular weight excluding hydrogens is 264 g/mol. The van der Waals surface area contributed by atoms with Gasteiger partial charge < -0.3 is 5.32 Å². The van der Waals surface area contributed by atoms with Crippen LogP contribution in [0.5, 0.6) is 0 Å². The van der Waals surface area contributed by atoms with Gasteiger partial charge in [-0.25, -0.2) is 0 Å². The normalized spacial score (nSPS) is 10.3. The number of amides is 1. The number of nitrogens with one attached hydrogen (secondary N) is 2. The van der Waals surface area contributed by atoms with Crippen LogP contribution < -0.4 is 5.32 Å². The van der Waals surface area contributed by atoms with E-state index in [4.69, 9.17) is 0 Å². The maximum atomic E-state index is 11.8. The van der Waals surface area contributed by atoms with Gasteiger partial charge in [-0.1, -0.05) is 30.3 Å². The number of pyridine rings is 1. The number of hydrogen-bond acceptors (Lipinski definition) is 3. The average Bonchev–Trinajstić information content (AvgIpc) is 3.08. The van der Waals surface area contributed by atoms with Crippen LogP contribution >= 0.6 is 0 Å². The minimum Gasteiger partial charge on any atom is -0.348 e. The summed E-state index contributed by atoms with van der Waals surface area (Å²) in [6.07, 6.45) is 4.84. The predicted octanol–water partition coefficient (Wildman–Crippen LogP) is 2.40. The fourth-order valence-corrected chi connectivity index (χ4v) is 1.99. The predicted molar refractivity (Wildman–Crippen MR) is 79.4 cm³/mol. The van der Waals surface area contributed by atoms with E-state index < -0.39 is 0 Å². The second-order valence-corrected chi connectivity index (χ2v) is 4.58. The van der Waals surface area contributed by atoms with Crippen LogP contribution in [-0.2, 0) is 6.54 Å². The van der Waals surface area contributed by atoms with Gasteiger partial charge in [0.1, 0.15) is 0 Å². The highest BCUT2D eigenvalue weighted by Gasteiger charge is 2.06. The number of benzene rings is 1. The quantitative estimate of drug-likeness (QED) is 0.770. The number of H-pyrrole nitrogens is 1. The molecule has 21 heavy (non-hydrogen) atoms. The van der Waals surface area contributed by atoms with Gasteiger partial charge in [0.2, 0.25) is 0 Å². The van der Waals surface area contributed by atoms with Crippen molar-refractivity contribution in [3.05, 3.63) is 72.2 Å². The highest BCUT2D eigenvalue weighted by Crippen LogP contribution is 2.16. The number of rotatable bonds is 4. The van der Waals surface area contributed by atoms with Crippen molar-refractivity contribution in [2.24, 2.45) is 0 Å². The van der Waals surface area contributed by atoms with Gasteiger partial charge >= 0.3 is 0 Å². The molecule has 0 unspecified atom stereocenters. The summed E-state index contributed by atoms with van der Waals surface area (Å²) in [5.74, 6) is -0.141. The number of aromatic nitrogens is 3. The summed E-state index contributed by atoms with van der Waals surface area (Å²) in [6.45, 7) is 0.479. The monoisotopic (exact) mass is 278 g/mol. The fraction of sp³-hybridized carbons (Fsp3) is 0.0625. The summed E-state index contributed by atoms with van der Waals surface area (Å²) in [6, 6.07) is 13.8. The zero-order valence-corrected chi connectivity index (χ0v) is 11.3. The second kappa shape index (κ2) is 6.00. The minimum atomic E-state index is -0.141. The van der Waals surface area contributed by atoms with Gasteiger partial charge in [-0.15, -0.1) is 0 Å². The zero-order valence-electron chi connectivity index (χ0n) is 11.3. The Morgan fingerprint density at radius 1 is 1.14 bits per heavy atom. The summed E-state index contributed by atoms with van der Waals surface area (Å²) < 4.78 is 0. The standard InChI is InChI=1S/C16H14N4O/c21-16(14-10-19-20-11-14)18-9-12-4-6-13(7-5-12)15-3-1-2-8-17-15/h1-8,10-11H,9H2,(H,18,21)(H,19,20). The molecule has 0 radical (unpaired) electrons. The minimum absolute atomic E-state index is 0.141. The van der Waals surface area contributed by atoms with Crippen molar-refractivity contribution < 1.29 is 4.79 Å². The summed E-state index contributed by atoms with van der Waals surface area (Å²) in [5, 5.41) is 9.21. The van der Waals surface area contributed by atoms with Crippen LogP contribution in [0.2, 0.25) is 0 Å². The van der Waals surface area contributed by atoms with E-state index in [1.54, 1.807) is 12.4 Å². The lowest BCUT2D eigenvalue weighted by Gasteiger charge is -2.05. The molecule has 0 fully saturated rings. The highest BCUT2D eigenvalue weighted by molar-refractivity contribution is 5.93. The number of hydrogen-bond donors (Lipinski definition) is 2. The van der Waals surface area contributed by atoms with Crippen LogP contribution in [-0.4, -0.2) is 21.1 Å². The molecule has 1 aromatic carbocycles. The van der Waals surface area contributed by atoms with Crippen molar-refractivity contribution in [1.29, 1.82) is 0 Å². The van der Waals surface area contributed by atoms with Crippen LogP contribution in [0.1, 0.15) is 15.9 Å². The topological polar surface area (TPSA) is 70.7 Å². The number of aromatic amines is 1. The first kappa shape index (κ1) is 13.1. The molecule has 2 heterocycles. The van der Waals surface area contributed by atoms with Crippen molar-refractivity contribution >= 4 is 5.91 Å². The molecule has 5 heteroatoms. The molecule has 104 valence electrons. The molecule has 0 bridgehead atoms. The number of carbonyl (C=O) groups excluding carboxylic acids is 1. The van der Waals surface area contributed by atoms with Gasteiger partial charge in [0.15, 0.2) is 0 Å². The second-order valence-electron chi connectivity index (χ2n) is 4.58. The van der Waals surface area contributed by atoms with Gasteiger partial charge in [0.05, 0.1) is 17.5 Å². The van der Waals surface area contributed by atoms with Gasteiger partial charge in [-0.2, -0.15) is 5.10 Å². The molecule has 5 nitrogen and oxygen atoms in total. The first-order valence-corrected chi connectivity index (χ1v) is 6.60. The molecule has 3 aromatic rings. The van der Waals surface area contributed by atoms with E-state index in [0.717, 1.165) is 16.8 Å². The van der Waals surface area contributed by atoms with E-state index >= 15 is 0 Å². The molecule has 0 aliphatic rings. The Morgan fingerprint density at radius 3 is 2.67 bits per heavy atom. The molecule has 2 N–H and O–H groups in total. The van der Waals surface area contributed by atoms with Crippen molar-refractivity contribution in [3.63, 3.8) is 0 Å². The van der Waals surface area contributed by atoms with Crippen LogP contribution in [0.15, 0.2) is 61.1 Å². The van der Waals surface area contributed by atoms with Crippen LogP contribution in [0.25, 0.3) is 11.3 Å². The van der Waals surface area contributed by atoms with Crippen molar-refractivity contribution in [2.75, 3.05) is 0 Å². The van der Waals surface area contributed by atoms with Crippen molar-refractivity contribution in [2.45, 2.75) is 6.54 Å². The zero-order chi connectivity index (χ0) is 14.5. The summed E-state index contributed by atoms with van der Waals surface area (Å²) >= 11 is 0. The molecule has 3 rings (SSSR count). The summed E-state index contributed by atoms with van der Waals surface area (Å²) in [5.41, 5.74) is 3.55. The van der Waals surface area contributed by atoms with Crippen LogP contribution in [0.3, 0.4) is 0 Å². The Bertz CT molecular complexity index is 706. The van der Waals surface area contributed by atoms with Crippen molar-refractivity contribution in [1.82, 2.24) is 20.5 Å². The Morgan fingerprint density at radius 2 is 2.00 bits per heavy atom. The molecule has 0 aliphatic carbocycles. The molecule has 0 saturated carbocycles. The van der Waals surface area contributed by atoms with E-state index in [-0.39, 0.29) is 5.91 Å². The number of carbonyl (C=O) groups is 1. The smallest absolute Gasteiger partial charge is 0.254 e. The Kier molecular flexibility index (Phi) is 3.73. The van der Waals surface area contributed by atoms with Crippen LogP contribution in [0.4, 0.5) is 0 Å². The molecule has 0 saturated heterocycles. The van der Waals surface area contributed by atoms with E-state index in [0.29, 0.717) is 12.1 Å². The van der Waals surface area contributed by atoms with Gasteiger partial charge in [0.25, 0.3) is 5.91 Å². The maximum Gasteiger partial charge on any atom is 0.254 e. The van der Waals surface area contributed by atoms with Crippen molar-refractivity contribution in [3.8, 4) is 11.3 Å². The molecule has 0 spiro atoms. The number of nitrogens with zero attached hydrogens (tertiary/aromatic N) is 2. The van der Waals surface area contributed by atoms with Gasteiger partial charge in [-0.3, -0.25) is 14.9 Å². The SMILES string of the molecule is O=C(NCc1ccc(-c2ccccn2)cc1)c1cn[nH]c1. The first-order valence-electron chi connectivity index (χ1n) is 6.60. The lowest BCUT2D eigenvalue weighted by atomic mass is 10.1. The lowest BCUT2D eigenvalue weighted by Crippen LogP contribution is -2.22. The molecule has 2 aromatic heterocycles. The summed E-state index contributed by atoms with van der Waals surface area (Å²) in [4.78, 5) is 16.1. The largest absolute Gasteiger partial charge is 0.348 e. The Hall–Kier alpha value is -2.95. The van der Waals surface area contributed by atoms with Gasteiger partial charge in [0, 0.05) is 24.5 Å². The Labute approximate surface area is 122 Å². The van der Waals surface area contributed by atoms with E-state index in [1.165, 1.54) is 6.20 Å². The third-order valence-corrected chi connectivity index (χ3v) is 3.13. The fourth-order valence-electron chi connectivity index (χ4n) is 1.99. The van der Waals surface area contributed by atoms with Crippen LogP contribution in [0, 0.1) is 0 Å². The highest BCUT2D eigenvalue weighted by atomic mass is 16.1. The first-order chi connectivity index (χ1) is 10.3. The molecule has 1 amide bonds. The maximum absolute atomic E-state index is 11.8.